The van der Waals surface area contributed by atoms with Gasteiger partial charge in [0, 0.05) is 20.2 Å². The molecule has 6 nitrogen and oxygen atoms in total. The normalized spacial score (nSPS) is 21.7. The number of piperidine rings is 1. The zero-order valence-electron chi connectivity index (χ0n) is 11.5. The molecular weight excluding hydrogens is 268 g/mol. The van der Waals surface area contributed by atoms with E-state index in [-0.39, 0.29) is 10.8 Å². The minimum Gasteiger partial charge on any atom is -0.384 e. The van der Waals surface area contributed by atoms with Crippen molar-refractivity contribution in [2.24, 2.45) is 5.92 Å². The van der Waals surface area contributed by atoms with Crippen molar-refractivity contribution in [1.82, 2.24) is 9.46 Å². The Morgan fingerprint density at radius 1 is 1.47 bits per heavy atom. The molecule has 1 atom stereocenters. The van der Waals surface area contributed by atoms with Crippen LogP contribution in [0.15, 0.2) is 9.42 Å². The maximum absolute atomic E-state index is 12.6. The number of aryl methyl sites for hydroxylation is 2. The topological polar surface area (TPSA) is 72.6 Å². The lowest BCUT2D eigenvalue weighted by Gasteiger charge is -2.31. The minimum absolute atomic E-state index is 0.213. The molecule has 1 aliphatic rings. The van der Waals surface area contributed by atoms with Gasteiger partial charge in [0.05, 0.1) is 6.61 Å². The average Bonchev–Trinajstić information content (AvgIpc) is 2.70. The fourth-order valence-electron chi connectivity index (χ4n) is 2.59. The predicted molar refractivity (Wildman–Crippen MR) is 69.3 cm³/mol. The monoisotopic (exact) mass is 288 g/mol. The van der Waals surface area contributed by atoms with Gasteiger partial charge in [0.2, 0.25) is 10.0 Å². The van der Waals surface area contributed by atoms with Crippen LogP contribution in [0.5, 0.6) is 0 Å². The number of methoxy groups -OCH3 is 1. The number of sulfonamides is 1. The summed E-state index contributed by atoms with van der Waals surface area (Å²) >= 11 is 0. The van der Waals surface area contributed by atoms with E-state index in [4.69, 9.17) is 9.26 Å². The molecule has 0 aliphatic carbocycles. The van der Waals surface area contributed by atoms with Gasteiger partial charge in [-0.3, -0.25) is 0 Å². The van der Waals surface area contributed by atoms with Crippen LogP contribution in [0.3, 0.4) is 0 Å². The lowest BCUT2D eigenvalue weighted by Crippen LogP contribution is -2.41. The van der Waals surface area contributed by atoms with Gasteiger partial charge >= 0.3 is 0 Å². The summed E-state index contributed by atoms with van der Waals surface area (Å²) in [6.45, 7) is 4.92. The van der Waals surface area contributed by atoms with Crippen LogP contribution in [0.25, 0.3) is 0 Å². The first-order valence-corrected chi connectivity index (χ1v) is 7.82. The van der Waals surface area contributed by atoms with Gasteiger partial charge in [0.25, 0.3) is 0 Å². The van der Waals surface area contributed by atoms with Crippen molar-refractivity contribution in [3.63, 3.8) is 0 Å². The number of hydrogen-bond donors (Lipinski definition) is 0. The second kappa shape index (κ2) is 5.60. The Bertz CT molecular complexity index is 516. The molecule has 1 aromatic heterocycles. The molecule has 19 heavy (non-hydrogen) atoms. The van der Waals surface area contributed by atoms with Gasteiger partial charge in [0.15, 0.2) is 5.76 Å². The highest BCUT2D eigenvalue weighted by Crippen LogP contribution is 2.27. The van der Waals surface area contributed by atoms with Crippen LogP contribution in [-0.2, 0) is 14.8 Å². The van der Waals surface area contributed by atoms with Crippen molar-refractivity contribution in [3.8, 4) is 0 Å². The van der Waals surface area contributed by atoms with Crippen molar-refractivity contribution in [3.05, 3.63) is 11.5 Å². The molecule has 2 heterocycles. The van der Waals surface area contributed by atoms with Crippen LogP contribution in [0.2, 0.25) is 0 Å². The molecule has 0 radical (unpaired) electrons. The van der Waals surface area contributed by atoms with Crippen molar-refractivity contribution in [2.45, 2.75) is 31.6 Å². The molecule has 0 aromatic carbocycles. The lowest BCUT2D eigenvalue weighted by atomic mass is 10.0. The van der Waals surface area contributed by atoms with Gasteiger partial charge in [0.1, 0.15) is 10.6 Å². The first-order chi connectivity index (χ1) is 8.96. The fraction of sp³-hybridized carbons (Fsp3) is 0.750. The Hall–Kier alpha value is -0.920. The predicted octanol–water partition coefficient (Wildman–Crippen LogP) is 1.34. The van der Waals surface area contributed by atoms with E-state index >= 15 is 0 Å². The van der Waals surface area contributed by atoms with Crippen molar-refractivity contribution in [2.75, 3.05) is 26.8 Å². The summed E-state index contributed by atoms with van der Waals surface area (Å²) in [4.78, 5) is 0.213. The standard InChI is InChI=1S/C12H20N2O4S/c1-9-12(10(2)18-13-9)19(15,16)14-6-4-5-11(7-14)8-17-3/h11H,4-8H2,1-3H3. The van der Waals surface area contributed by atoms with Gasteiger partial charge in [-0.25, -0.2) is 8.42 Å². The van der Waals surface area contributed by atoms with Gasteiger partial charge in [-0.1, -0.05) is 5.16 Å². The van der Waals surface area contributed by atoms with E-state index in [9.17, 15) is 8.42 Å². The van der Waals surface area contributed by atoms with E-state index in [2.05, 4.69) is 5.16 Å². The molecule has 0 bridgehead atoms. The number of rotatable bonds is 4. The molecule has 108 valence electrons. The van der Waals surface area contributed by atoms with E-state index in [0.717, 1.165) is 12.8 Å². The summed E-state index contributed by atoms with van der Waals surface area (Å²) in [5, 5.41) is 3.73. The third-order valence-electron chi connectivity index (χ3n) is 3.45. The smallest absolute Gasteiger partial charge is 0.248 e. The number of ether oxygens (including phenoxy) is 1. The van der Waals surface area contributed by atoms with Gasteiger partial charge < -0.3 is 9.26 Å². The Balaban J connectivity index is 2.25. The van der Waals surface area contributed by atoms with Gasteiger partial charge in [-0.15, -0.1) is 0 Å². The Labute approximate surface area is 113 Å². The summed E-state index contributed by atoms with van der Waals surface area (Å²) < 4.78 is 36.9. The van der Waals surface area contributed by atoms with E-state index < -0.39 is 10.0 Å². The van der Waals surface area contributed by atoms with Crippen LogP contribution >= 0.6 is 0 Å². The van der Waals surface area contributed by atoms with Crippen LogP contribution in [-0.4, -0.2) is 44.7 Å². The molecule has 0 N–H and O–H groups in total. The van der Waals surface area contributed by atoms with Crippen molar-refractivity contribution < 1.29 is 17.7 Å². The fourth-order valence-corrected chi connectivity index (χ4v) is 4.43. The summed E-state index contributed by atoms with van der Waals surface area (Å²) in [5.41, 5.74) is 0.423. The SMILES string of the molecule is COCC1CCCN(S(=O)(=O)c2c(C)noc2C)C1. The third kappa shape index (κ3) is 2.82. The molecule has 7 heteroatoms. The number of aromatic nitrogens is 1. The molecule has 1 unspecified atom stereocenters. The highest BCUT2D eigenvalue weighted by Gasteiger charge is 2.34. The highest BCUT2D eigenvalue weighted by atomic mass is 32.2. The molecule has 1 fully saturated rings. The quantitative estimate of drug-likeness (QED) is 0.836. The second-order valence-corrected chi connectivity index (χ2v) is 6.85. The lowest BCUT2D eigenvalue weighted by molar-refractivity contribution is 0.118. The maximum atomic E-state index is 12.6. The average molecular weight is 288 g/mol. The molecule has 0 amide bonds. The van der Waals surface area contributed by atoms with Crippen molar-refractivity contribution >= 4 is 10.0 Å². The summed E-state index contributed by atoms with van der Waals surface area (Å²) in [7, 11) is -1.87. The first kappa shape index (κ1) is 14.5. The van der Waals surface area contributed by atoms with E-state index in [1.807, 2.05) is 0 Å². The van der Waals surface area contributed by atoms with Gasteiger partial charge in [-0.05, 0) is 32.6 Å². The van der Waals surface area contributed by atoms with E-state index in [0.29, 0.717) is 31.2 Å². The van der Waals surface area contributed by atoms with Crippen LogP contribution in [0, 0.1) is 19.8 Å². The summed E-state index contributed by atoms with van der Waals surface area (Å²) in [6.07, 6.45) is 1.86. The Kier molecular flexibility index (Phi) is 4.27. The molecule has 0 spiro atoms. The zero-order chi connectivity index (χ0) is 14.0. The molecule has 1 saturated heterocycles. The minimum atomic E-state index is -3.51. The molecule has 2 rings (SSSR count). The maximum Gasteiger partial charge on any atom is 0.248 e. The largest absolute Gasteiger partial charge is 0.384 e. The van der Waals surface area contributed by atoms with Crippen LogP contribution in [0.1, 0.15) is 24.3 Å². The van der Waals surface area contributed by atoms with Crippen LogP contribution in [0.4, 0.5) is 0 Å². The van der Waals surface area contributed by atoms with Crippen LogP contribution < -0.4 is 0 Å². The first-order valence-electron chi connectivity index (χ1n) is 6.38. The third-order valence-corrected chi connectivity index (χ3v) is 5.56. The summed E-state index contributed by atoms with van der Waals surface area (Å²) in [5.74, 6) is 0.611. The molecule has 0 saturated carbocycles. The zero-order valence-corrected chi connectivity index (χ0v) is 12.4. The van der Waals surface area contributed by atoms with Crippen molar-refractivity contribution in [1.29, 1.82) is 0 Å². The molecule has 1 aromatic rings. The number of hydrogen-bond acceptors (Lipinski definition) is 5. The highest BCUT2D eigenvalue weighted by molar-refractivity contribution is 7.89. The second-order valence-electron chi connectivity index (χ2n) is 4.98. The van der Waals surface area contributed by atoms with E-state index in [1.165, 1.54) is 4.31 Å². The molecule has 1 aliphatic heterocycles. The summed E-state index contributed by atoms with van der Waals surface area (Å²) in [6, 6.07) is 0. The Morgan fingerprint density at radius 3 is 2.79 bits per heavy atom. The molecular formula is C12H20N2O4S. The van der Waals surface area contributed by atoms with Gasteiger partial charge in [-0.2, -0.15) is 4.31 Å². The number of nitrogens with zero attached hydrogens (tertiary/aromatic N) is 2. The Morgan fingerprint density at radius 2 is 2.21 bits per heavy atom. The van der Waals surface area contributed by atoms with E-state index in [1.54, 1.807) is 21.0 Å².